The van der Waals surface area contributed by atoms with Crippen molar-refractivity contribution in [2.75, 3.05) is 31.0 Å². The Balaban J connectivity index is 1.60. The molecule has 0 aliphatic carbocycles. The normalized spacial score (nSPS) is 13.0. The van der Waals surface area contributed by atoms with E-state index in [1.165, 1.54) is 11.1 Å². The minimum absolute atomic E-state index is 0.698. The van der Waals surface area contributed by atoms with Gasteiger partial charge in [0, 0.05) is 25.2 Å². The van der Waals surface area contributed by atoms with Gasteiger partial charge >= 0.3 is 0 Å². The van der Waals surface area contributed by atoms with Crippen LogP contribution < -0.4 is 19.7 Å². The molecule has 2 heterocycles. The van der Waals surface area contributed by atoms with Crippen LogP contribution in [0.3, 0.4) is 0 Å². The molecule has 144 valence electrons. The molecule has 0 amide bonds. The van der Waals surface area contributed by atoms with Crippen molar-refractivity contribution in [3.63, 3.8) is 0 Å². The predicted octanol–water partition coefficient (Wildman–Crippen LogP) is 4.11. The number of ether oxygens (including phenoxy) is 2. The third-order valence-corrected chi connectivity index (χ3v) is 4.95. The number of nitrogens with one attached hydrogen (secondary N) is 1. The van der Waals surface area contributed by atoms with E-state index in [0.29, 0.717) is 5.75 Å². The number of hydrogen-bond acceptors (Lipinski definition) is 6. The first kappa shape index (κ1) is 18.1. The molecule has 1 N–H and O–H groups in total. The number of benzene rings is 2. The maximum Gasteiger partial charge on any atom is 0.146 e. The van der Waals surface area contributed by atoms with Gasteiger partial charge in [0.1, 0.15) is 29.0 Å². The molecule has 0 saturated carbocycles. The van der Waals surface area contributed by atoms with E-state index in [-0.39, 0.29) is 0 Å². The van der Waals surface area contributed by atoms with Gasteiger partial charge in [-0.2, -0.15) is 0 Å². The van der Waals surface area contributed by atoms with Gasteiger partial charge in [0.25, 0.3) is 0 Å². The summed E-state index contributed by atoms with van der Waals surface area (Å²) in [7, 11) is 3.28. The number of rotatable bonds is 5. The van der Waals surface area contributed by atoms with E-state index in [1.807, 2.05) is 31.2 Å². The Morgan fingerprint density at radius 3 is 2.57 bits per heavy atom. The molecule has 3 aromatic rings. The van der Waals surface area contributed by atoms with Crippen LogP contribution in [0.1, 0.15) is 17.0 Å². The molecule has 6 nitrogen and oxygen atoms in total. The molecule has 0 bridgehead atoms. The maximum absolute atomic E-state index is 5.48. The van der Waals surface area contributed by atoms with Gasteiger partial charge in [0.15, 0.2) is 0 Å². The average molecular weight is 376 g/mol. The Morgan fingerprint density at radius 2 is 1.79 bits per heavy atom. The lowest BCUT2D eigenvalue weighted by Crippen LogP contribution is -2.31. The lowest BCUT2D eigenvalue weighted by molar-refractivity contribution is 0.395. The molecule has 1 aromatic heterocycles. The Morgan fingerprint density at radius 1 is 0.964 bits per heavy atom. The van der Waals surface area contributed by atoms with Crippen LogP contribution in [0.25, 0.3) is 0 Å². The third kappa shape index (κ3) is 3.71. The van der Waals surface area contributed by atoms with Crippen molar-refractivity contribution in [3.8, 4) is 11.5 Å². The van der Waals surface area contributed by atoms with E-state index >= 15 is 0 Å². The van der Waals surface area contributed by atoms with Crippen LogP contribution in [0.15, 0.2) is 48.5 Å². The number of fused-ring (bicyclic) bond motifs is 1. The SMILES string of the molecule is COc1ccc(Nc2cc(N3CCc4ccccc4C3)nc(C)n2)c(OC)c1. The van der Waals surface area contributed by atoms with E-state index in [9.17, 15) is 0 Å². The van der Waals surface area contributed by atoms with Gasteiger partial charge in [-0.05, 0) is 36.6 Å². The Bertz CT molecular complexity index is 990. The van der Waals surface area contributed by atoms with Gasteiger partial charge in [-0.1, -0.05) is 24.3 Å². The highest BCUT2D eigenvalue weighted by Crippen LogP contribution is 2.32. The van der Waals surface area contributed by atoms with Crippen LogP contribution in [0, 0.1) is 6.92 Å². The minimum Gasteiger partial charge on any atom is -0.497 e. The summed E-state index contributed by atoms with van der Waals surface area (Å²) in [4.78, 5) is 11.5. The van der Waals surface area contributed by atoms with Crippen molar-refractivity contribution in [2.45, 2.75) is 19.9 Å². The van der Waals surface area contributed by atoms with Crippen molar-refractivity contribution >= 4 is 17.3 Å². The number of nitrogens with zero attached hydrogens (tertiary/aromatic N) is 3. The second kappa shape index (κ2) is 7.76. The van der Waals surface area contributed by atoms with Crippen LogP contribution in [-0.2, 0) is 13.0 Å². The zero-order valence-corrected chi connectivity index (χ0v) is 16.4. The van der Waals surface area contributed by atoms with Crippen molar-refractivity contribution in [1.82, 2.24) is 9.97 Å². The lowest BCUT2D eigenvalue weighted by atomic mass is 10.00. The smallest absolute Gasteiger partial charge is 0.146 e. The first-order valence-electron chi connectivity index (χ1n) is 9.33. The number of aryl methyl sites for hydroxylation is 1. The van der Waals surface area contributed by atoms with Crippen LogP contribution >= 0.6 is 0 Å². The number of methoxy groups -OCH3 is 2. The van der Waals surface area contributed by atoms with Crippen LogP contribution in [0.5, 0.6) is 11.5 Å². The Kier molecular flexibility index (Phi) is 5.02. The van der Waals surface area contributed by atoms with Gasteiger partial charge in [0.05, 0.1) is 19.9 Å². The van der Waals surface area contributed by atoms with E-state index in [1.54, 1.807) is 14.2 Å². The summed E-state index contributed by atoms with van der Waals surface area (Å²) in [5, 5.41) is 3.36. The summed E-state index contributed by atoms with van der Waals surface area (Å²) in [6.07, 6.45) is 1.02. The van der Waals surface area contributed by atoms with Gasteiger partial charge in [-0.25, -0.2) is 9.97 Å². The van der Waals surface area contributed by atoms with Crippen LogP contribution in [0.4, 0.5) is 17.3 Å². The van der Waals surface area contributed by atoms with E-state index in [2.05, 4.69) is 44.5 Å². The topological polar surface area (TPSA) is 59.5 Å². The number of aromatic nitrogens is 2. The molecule has 1 aliphatic heterocycles. The van der Waals surface area contributed by atoms with Gasteiger partial charge in [-0.15, -0.1) is 0 Å². The maximum atomic E-state index is 5.48. The average Bonchev–Trinajstić information content (AvgIpc) is 2.73. The molecule has 0 spiro atoms. The van der Waals surface area contributed by atoms with Crippen molar-refractivity contribution in [3.05, 3.63) is 65.5 Å². The number of anilines is 3. The molecular formula is C22H24N4O2. The highest BCUT2D eigenvalue weighted by atomic mass is 16.5. The summed E-state index contributed by atoms with van der Waals surface area (Å²) in [6.45, 7) is 3.72. The van der Waals surface area contributed by atoms with Gasteiger partial charge < -0.3 is 19.7 Å². The quantitative estimate of drug-likeness (QED) is 0.723. The zero-order valence-electron chi connectivity index (χ0n) is 16.4. The highest BCUT2D eigenvalue weighted by Gasteiger charge is 2.18. The summed E-state index contributed by atoms with van der Waals surface area (Å²) in [6, 6.07) is 16.2. The second-order valence-corrected chi connectivity index (χ2v) is 6.79. The molecule has 2 aromatic carbocycles. The molecule has 1 aliphatic rings. The first-order valence-corrected chi connectivity index (χ1v) is 9.33. The van der Waals surface area contributed by atoms with Crippen LogP contribution in [0.2, 0.25) is 0 Å². The fraction of sp³-hybridized carbons (Fsp3) is 0.273. The fourth-order valence-corrected chi connectivity index (χ4v) is 3.51. The zero-order chi connectivity index (χ0) is 19.5. The van der Waals surface area contributed by atoms with E-state index in [4.69, 9.17) is 9.47 Å². The van der Waals surface area contributed by atoms with Gasteiger partial charge in [-0.3, -0.25) is 0 Å². The van der Waals surface area contributed by atoms with Crippen molar-refractivity contribution in [2.24, 2.45) is 0 Å². The van der Waals surface area contributed by atoms with Crippen molar-refractivity contribution < 1.29 is 9.47 Å². The number of hydrogen-bond donors (Lipinski definition) is 1. The largest absolute Gasteiger partial charge is 0.497 e. The molecule has 0 radical (unpaired) electrons. The molecule has 4 rings (SSSR count). The first-order chi connectivity index (χ1) is 13.7. The molecule has 0 saturated heterocycles. The van der Waals surface area contributed by atoms with Crippen molar-refractivity contribution in [1.29, 1.82) is 0 Å². The van der Waals surface area contributed by atoms with Crippen LogP contribution in [-0.4, -0.2) is 30.7 Å². The molecule has 0 fully saturated rings. The minimum atomic E-state index is 0.698. The van der Waals surface area contributed by atoms with E-state index < -0.39 is 0 Å². The fourth-order valence-electron chi connectivity index (χ4n) is 3.51. The lowest BCUT2D eigenvalue weighted by Gasteiger charge is -2.30. The summed E-state index contributed by atoms with van der Waals surface area (Å²) >= 11 is 0. The second-order valence-electron chi connectivity index (χ2n) is 6.79. The van der Waals surface area contributed by atoms with Gasteiger partial charge in [0.2, 0.25) is 0 Å². The molecular weight excluding hydrogens is 352 g/mol. The Hall–Kier alpha value is -3.28. The monoisotopic (exact) mass is 376 g/mol. The highest BCUT2D eigenvalue weighted by molar-refractivity contribution is 5.67. The molecule has 28 heavy (non-hydrogen) atoms. The summed E-state index contributed by atoms with van der Waals surface area (Å²) in [5.74, 6) is 3.84. The molecule has 0 unspecified atom stereocenters. The summed E-state index contributed by atoms with van der Waals surface area (Å²) < 4.78 is 10.7. The Labute approximate surface area is 165 Å². The molecule has 0 atom stereocenters. The molecule has 6 heteroatoms. The third-order valence-electron chi connectivity index (χ3n) is 4.95. The predicted molar refractivity (Wildman–Crippen MR) is 111 cm³/mol. The van der Waals surface area contributed by atoms with E-state index in [0.717, 1.165) is 48.4 Å². The summed E-state index contributed by atoms with van der Waals surface area (Å²) in [5.41, 5.74) is 3.61. The standard InChI is InChI=1S/C22H24N4O2/c1-15-23-21(25-19-9-8-18(27-2)12-20(19)28-3)13-22(24-15)26-11-10-16-6-4-5-7-17(16)14-26/h4-9,12-13H,10-11,14H2,1-3H3,(H,23,24,25).